The highest BCUT2D eigenvalue weighted by Crippen LogP contribution is 2.22. The molecule has 0 aliphatic heterocycles. The monoisotopic (exact) mass is 779 g/mol. The van der Waals surface area contributed by atoms with E-state index in [0.717, 1.165) is 5.56 Å². The second-order valence-corrected chi connectivity index (χ2v) is 19.0. The largest absolute Gasteiger partial charge is 0.459 e. The van der Waals surface area contributed by atoms with Gasteiger partial charge >= 0.3 is 29.8 Å². The van der Waals surface area contributed by atoms with Crippen LogP contribution in [0.3, 0.4) is 0 Å². The molecule has 1 rings (SSSR count). The van der Waals surface area contributed by atoms with E-state index in [9.17, 15) is 24.0 Å². The lowest BCUT2D eigenvalue weighted by Gasteiger charge is -2.44. The minimum absolute atomic E-state index is 0.0700. The Morgan fingerprint density at radius 1 is 0.473 bits per heavy atom. The van der Waals surface area contributed by atoms with Gasteiger partial charge in [-0.05, 0) is 109 Å². The van der Waals surface area contributed by atoms with E-state index in [2.05, 4.69) is 0 Å². The first-order chi connectivity index (χ1) is 24.7. The van der Waals surface area contributed by atoms with Crippen molar-refractivity contribution < 1.29 is 47.7 Å². The first kappa shape index (κ1) is 49.4. The Bertz CT molecular complexity index is 1360. The molecule has 0 bridgehead atoms. The molecule has 0 aromatic heterocycles. The van der Waals surface area contributed by atoms with Gasteiger partial charge in [0, 0.05) is 26.1 Å². The topological polar surface area (TPSA) is 167 Å². The first-order valence-electron chi connectivity index (χ1n) is 18.8. The second-order valence-electron chi connectivity index (χ2n) is 19.0. The Balaban J connectivity index is 3.77. The van der Waals surface area contributed by atoms with Crippen LogP contribution in [0.5, 0.6) is 0 Å². The molecule has 1 aromatic rings. The Labute approximate surface area is 329 Å². The van der Waals surface area contributed by atoms with E-state index in [1.165, 1.54) is 4.90 Å². The van der Waals surface area contributed by atoms with Crippen LogP contribution in [0, 0.1) is 0 Å². The highest BCUT2D eigenvalue weighted by atomic mass is 16.6. The van der Waals surface area contributed by atoms with Gasteiger partial charge in [0.1, 0.15) is 28.0 Å². The molecule has 0 saturated heterocycles. The van der Waals surface area contributed by atoms with Crippen LogP contribution in [0.15, 0.2) is 30.3 Å². The average Bonchev–Trinajstić information content (AvgIpc) is 2.90. The normalized spacial score (nSPS) is 14.0. The zero-order valence-corrected chi connectivity index (χ0v) is 36.3. The summed E-state index contributed by atoms with van der Waals surface area (Å²) in [4.78, 5) is 71.1. The molecule has 0 heterocycles. The van der Waals surface area contributed by atoms with Crippen LogP contribution in [-0.4, -0.2) is 131 Å². The maximum absolute atomic E-state index is 13.4. The lowest BCUT2D eigenvalue weighted by Crippen LogP contribution is -2.66. The maximum atomic E-state index is 13.4. The standard InChI is InChI=1S/C41H70N4O10/c1-36(2,3)51-31(46)24-43(25-32(47)52-37(4,5)6)21-22-44(26-33(48)53-38(7,8)9)29-41(42,23-30-19-17-16-18-20-30)45(27-34(49)54-39(10,11)12)28-35(50)55-40(13,14)15/h16-20H,21-29,42H2,1-15H3. The van der Waals surface area contributed by atoms with Crippen molar-refractivity contribution in [3.05, 3.63) is 35.9 Å². The zero-order valence-electron chi connectivity index (χ0n) is 36.3. The van der Waals surface area contributed by atoms with Crippen molar-refractivity contribution in [2.45, 2.75) is 144 Å². The van der Waals surface area contributed by atoms with Crippen LogP contribution in [0.25, 0.3) is 0 Å². The summed E-state index contributed by atoms with van der Waals surface area (Å²) >= 11 is 0. The molecule has 314 valence electrons. The molecule has 1 aromatic carbocycles. The zero-order chi connectivity index (χ0) is 42.6. The molecule has 0 aliphatic rings. The van der Waals surface area contributed by atoms with Crippen LogP contribution in [0.1, 0.15) is 109 Å². The number of carbonyl (C=O) groups excluding carboxylic acids is 5. The molecule has 2 N–H and O–H groups in total. The van der Waals surface area contributed by atoms with Gasteiger partial charge in [-0.15, -0.1) is 0 Å². The minimum Gasteiger partial charge on any atom is -0.459 e. The fourth-order valence-electron chi connectivity index (χ4n) is 5.41. The SMILES string of the molecule is CC(C)(C)OC(=O)CN(CCN(CC(=O)OC(C)(C)C)CC(N)(Cc1ccccc1)N(CC(=O)OC(C)(C)C)CC(=O)OC(C)(C)C)CC(=O)OC(C)(C)C. The fraction of sp³-hybridized carbons (Fsp3) is 0.732. The van der Waals surface area contributed by atoms with E-state index in [1.807, 2.05) is 30.3 Å². The molecule has 0 spiro atoms. The quantitative estimate of drug-likeness (QED) is 0.126. The van der Waals surface area contributed by atoms with Crippen molar-refractivity contribution in [1.82, 2.24) is 14.7 Å². The molecule has 55 heavy (non-hydrogen) atoms. The van der Waals surface area contributed by atoms with Gasteiger partial charge in [0.2, 0.25) is 0 Å². The molecule has 0 aliphatic carbocycles. The predicted molar refractivity (Wildman–Crippen MR) is 211 cm³/mol. The van der Waals surface area contributed by atoms with Crippen LogP contribution in [0.2, 0.25) is 0 Å². The highest BCUT2D eigenvalue weighted by molar-refractivity contribution is 5.76. The summed E-state index contributed by atoms with van der Waals surface area (Å²) in [6.45, 7) is 24.9. The summed E-state index contributed by atoms with van der Waals surface area (Å²) in [5.41, 5.74) is 2.71. The maximum Gasteiger partial charge on any atom is 0.320 e. The number of hydrogen-bond donors (Lipinski definition) is 1. The Hall–Kier alpha value is -3.59. The van der Waals surface area contributed by atoms with Crippen molar-refractivity contribution in [2.24, 2.45) is 5.73 Å². The van der Waals surface area contributed by atoms with Crippen molar-refractivity contribution in [1.29, 1.82) is 0 Å². The number of rotatable bonds is 18. The van der Waals surface area contributed by atoms with Crippen LogP contribution >= 0.6 is 0 Å². The molecule has 0 saturated carbocycles. The molecule has 0 amide bonds. The van der Waals surface area contributed by atoms with E-state index in [0.29, 0.717) is 0 Å². The van der Waals surface area contributed by atoms with E-state index < -0.39 is 63.5 Å². The van der Waals surface area contributed by atoms with Gasteiger partial charge in [0.05, 0.1) is 38.4 Å². The fourth-order valence-corrected chi connectivity index (χ4v) is 5.41. The van der Waals surface area contributed by atoms with Gasteiger partial charge in [-0.2, -0.15) is 0 Å². The summed E-state index contributed by atoms with van der Waals surface area (Å²) < 4.78 is 28.2. The Kier molecular flexibility index (Phi) is 18.0. The third kappa shape index (κ3) is 23.8. The summed E-state index contributed by atoms with van der Waals surface area (Å²) in [5.74, 6) is -2.87. The average molecular weight is 779 g/mol. The van der Waals surface area contributed by atoms with Crippen LogP contribution < -0.4 is 5.73 Å². The smallest absolute Gasteiger partial charge is 0.320 e. The summed E-state index contributed by atoms with van der Waals surface area (Å²) in [6.07, 6.45) is 0.143. The van der Waals surface area contributed by atoms with Gasteiger partial charge in [-0.25, -0.2) is 0 Å². The van der Waals surface area contributed by atoms with E-state index in [-0.39, 0.29) is 58.8 Å². The van der Waals surface area contributed by atoms with Crippen molar-refractivity contribution >= 4 is 29.8 Å². The van der Waals surface area contributed by atoms with Crippen molar-refractivity contribution in [3.63, 3.8) is 0 Å². The summed E-state index contributed by atoms with van der Waals surface area (Å²) in [5, 5.41) is 0. The lowest BCUT2D eigenvalue weighted by atomic mass is 9.97. The molecule has 0 radical (unpaired) electrons. The molecular formula is C41H70N4O10. The number of nitrogens with zero attached hydrogens (tertiary/aromatic N) is 3. The number of benzene rings is 1. The van der Waals surface area contributed by atoms with Crippen LogP contribution in [0.4, 0.5) is 0 Å². The summed E-state index contributed by atoms with van der Waals surface area (Å²) in [7, 11) is 0. The molecule has 14 heteroatoms. The third-order valence-electron chi connectivity index (χ3n) is 7.01. The number of esters is 5. The number of hydrogen-bond acceptors (Lipinski definition) is 14. The van der Waals surface area contributed by atoms with E-state index >= 15 is 0 Å². The number of nitrogens with two attached hydrogens (primary N) is 1. The lowest BCUT2D eigenvalue weighted by molar-refractivity contribution is -0.165. The van der Waals surface area contributed by atoms with Crippen molar-refractivity contribution in [3.8, 4) is 0 Å². The van der Waals surface area contributed by atoms with Gasteiger partial charge < -0.3 is 29.4 Å². The van der Waals surface area contributed by atoms with E-state index in [4.69, 9.17) is 29.4 Å². The number of ether oxygens (including phenoxy) is 5. The Morgan fingerprint density at radius 2 is 0.764 bits per heavy atom. The molecule has 1 unspecified atom stereocenters. The third-order valence-corrected chi connectivity index (χ3v) is 7.01. The number of carbonyl (C=O) groups is 5. The second kappa shape index (κ2) is 20.0. The van der Waals surface area contributed by atoms with Crippen molar-refractivity contribution in [2.75, 3.05) is 52.4 Å². The molecule has 0 fully saturated rings. The molecule has 14 nitrogen and oxygen atoms in total. The van der Waals surface area contributed by atoms with Gasteiger partial charge in [0.25, 0.3) is 0 Å². The highest BCUT2D eigenvalue weighted by Gasteiger charge is 2.40. The predicted octanol–water partition coefficient (Wildman–Crippen LogP) is 4.50. The molecule has 1 atom stereocenters. The van der Waals surface area contributed by atoms with Gasteiger partial charge in [-0.3, -0.25) is 38.7 Å². The van der Waals surface area contributed by atoms with Gasteiger partial charge in [-0.1, -0.05) is 30.3 Å². The molecular weight excluding hydrogens is 708 g/mol. The Morgan fingerprint density at radius 3 is 1.09 bits per heavy atom. The first-order valence-corrected chi connectivity index (χ1v) is 18.8. The van der Waals surface area contributed by atoms with E-state index in [1.54, 1.807) is 114 Å². The minimum atomic E-state index is -1.49. The summed E-state index contributed by atoms with van der Waals surface area (Å²) in [6, 6.07) is 9.32. The van der Waals surface area contributed by atoms with Crippen LogP contribution in [-0.2, 0) is 54.1 Å². The van der Waals surface area contributed by atoms with Gasteiger partial charge in [0.15, 0.2) is 0 Å².